The molecule has 2 aromatic rings. The predicted molar refractivity (Wildman–Crippen MR) is 111 cm³/mol. The van der Waals surface area contributed by atoms with Crippen LogP contribution in [0.15, 0.2) is 42.5 Å². The van der Waals surface area contributed by atoms with Crippen molar-refractivity contribution < 1.29 is 9.53 Å². The van der Waals surface area contributed by atoms with Crippen LogP contribution in [0.1, 0.15) is 53.4 Å². The topological polar surface area (TPSA) is 50.4 Å². The Morgan fingerprint density at radius 3 is 2.46 bits per heavy atom. The standard InChI is InChI=1S/C21H26N2O2S/c1-5-18(17-10-8-7-9-14(17)3)22-21(26)23-19-12-11-16(13-15(19)4)20(24)25-6-2/h7-13,18H,5-6H2,1-4H3,(H2,22,23,26)/t18-/m1/s1. The van der Waals surface area contributed by atoms with Crippen LogP contribution in [-0.2, 0) is 4.74 Å². The van der Waals surface area contributed by atoms with Gasteiger partial charge in [0.25, 0.3) is 0 Å². The number of esters is 1. The SMILES string of the molecule is CCOC(=O)c1ccc(NC(=S)N[C@H](CC)c2ccccc2C)c(C)c1. The number of carbonyl (C=O) groups excluding carboxylic acids is 1. The van der Waals surface area contributed by atoms with Gasteiger partial charge in [-0.3, -0.25) is 0 Å². The van der Waals surface area contributed by atoms with E-state index >= 15 is 0 Å². The van der Waals surface area contributed by atoms with E-state index in [4.69, 9.17) is 17.0 Å². The Morgan fingerprint density at radius 2 is 1.85 bits per heavy atom. The number of hydrogen-bond acceptors (Lipinski definition) is 3. The maximum atomic E-state index is 11.8. The highest BCUT2D eigenvalue weighted by molar-refractivity contribution is 7.80. The molecule has 4 nitrogen and oxygen atoms in total. The van der Waals surface area contributed by atoms with E-state index in [1.165, 1.54) is 11.1 Å². The van der Waals surface area contributed by atoms with Crippen molar-refractivity contribution in [2.24, 2.45) is 0 Å². The minimum atomic E-state index is -0.312. The monoisotopic (exact) mass is 370 g/mol. The maximum Gasteiger partial charge on any atom is 0.338 e. The van der Waals surface area contributed by atoms with Crippen molar-refractivity contribution in [3.8, 4) is 0 Å². The summed E-state index contributed by atoms with van der Waals surface area (Å²) in [6, 6.07) is 13.9. The van der Waals surface area contributed by atoms with Crippen LogP contribution in [-0.4, -0.2) is 17.7 Å². The fourth-order valence-electron chi connectivity index (χ4n) is 2.84. The molecule has 0 fully saturated rings. The van der Waals surface area contributed by atoms with Crippen molar-refractivity contribution >= 4 is 29.0 Å². The first kappa shape index (κ1) is 19.9. The van der Waals surface area contributed by atoms with Crippen LogP contribution in [0.25, 0.3) is 0 Å². The molecule has 0 aliphatic rings. The van der Waals surface area contributed by atoms with Crippen LogP contribution < -0.4 is 10.6 Å². The molecule has 0 aromatic heterocycles. The lowest BCUT2D eigenvalue weighted by molar-refractivity contribution is 0.0526. The van der Waals surface area contributed by atoms with E-state index in [0.717, 1.165) is 17.7 Å². The molecule has 1 atom stereocenters. The molecule has 0 saturated heterocycles. The number of nitrogens with one attached hydrogen (secondary N) is 2. The molecule has 0 unspecified atom stereocenters. The molecular weight excluding hydrogens is 344 g/mol. The number of anilines is 1. The molecule has 0 radical (unpaired) electrons. The van der Waals surface area contributed by atoms with Crippen molar-refractivity contribution in [2.45, 2.75) is 40.2 Å². The Bertz CT molecular complexity index is 789. The van der Waals surface area contributed by atoms with Crippen molar-refractivity contribution in [1.29, 1.82) is 0 Å². The number of carbonyl (C=O) groups is 1. The summed E-state index contributed by atoms with van der Waals surface area (Å²) in [6.07, 6.45) is 0.924. The highest BCUT2D eigenvalue weighted by Crippen LogP contribution is 2.21. The highest BCUT2D eigenvalue weighted by Gasteiger charge is 2.14. The molecule has 2 N–H and O–H groups in total. The Kier molecular flexibility index (Phi) is 7.16. The van der Waals surface area contributed by atoms with Crippen LogP contribution in [0.3, 0.4) is 0 Å². The minimum Gasteiger partial charge on any atom is -0.462 e. The molecule has 2 aromatic carbocycles. The van der Waals surface area contributed by atoms with Gasteiger partial charge in [0.1, 0.15) is 0 Å². The maximum absolute atomic E-state index is 11.8. The molecule has 0 amide bonds. The third-order valence-corrected chi connectivity index (χ3v) is 4.48. The van der Waals surface area contributed by atoms with Gasteiger partial charge in [0.15, 0.2) is 5.11 Å². The van der Waals surface area contributed by atoms with Gasteiger partial charge in [0.05, 0.1) is 18.2 Å². The highest BCUT2D eigenvalue weighted by atomic mass is 32.1. The van der Waals surface area contributed by atoms with E-state index in [9.17, 15) is 4.79 Å². The average Bonchev–Trinajstić information content (AvgIpc) is 2.62. The van der Waals surface area contributed by atoms with Gasteiger partial charge in [-0.15, -0.1) is 0 Å². The predicted octanol–water partition coefficient (Wildman–Crippen LogP) is 4.92. The summed E-state index contributed by atoms with van der Waals surface area (Å²) in [5.74, 6) is -0.312. The molecule has 2 rings (SSSR count). The normalized spacial score (nSPS) is 11.5. The Hall–Kier alpha value is -2.40. The van der Waals surface area contributed by atoms with Gasteiger partial charge < -0.3 is 15.4 Å². The van der Waals surface area contributed by atoms with E-state index in [1.54, 1.807) is 13.0 Å². The minimum absolute atomic E-state index is 0.148. The van der Waals surface area contributed by atoms with Gasteiger partial charge in [-0.25, -0.2) is 4.79 Å². The van der Waals surface area contributed by atoms with E-state index in [0.29, 0.717) is 17.3 Å². The number of hydrogen-bond donors (Lipinski definition) is 2. The molecule has 0 aliphatic carbocycles. The number of ether oxygens (including phenoxy) is 1. The third-order valence-electron chi connectivity index (χ3n) is 4.26. The van der Waals surface area contributed by atoms with E-state index in [2.05, 4.69) is 36.6 Å². The third kappa shape index (κ3) is 5.05. The number of rotatable bonds is 6. The van der Waals surface area contributed by atoms with E-state index in [-0.39, 0.29) is 12.0 Å². The summed E-state index contributed by atoms with van der Waals surface area (Å²) < 4.78 is 5.03. The zero-order valence-electron chi connectivity index (χ0n) is 15.8. The first-order valence-corrected chi connectivity index (χ1v) is 9.27. The molecule has 26 heavy (non-hydrogen) atoms. The number of aryl methyl sites for hydroxylation is 2. The first-order valence-electron chi connectivity index (χ1n) is 8.87. The summed E-state index contributed by atoms with van der Waals surface area (Å²) in [5, 5.41) is 7.18. The lowest BCUT2D eigenvalue weighted by Gasteiger charge is -2.22. The summed E-state index contributed by atoms with van der Waals surface area (Å²) >= 11 is 5.49. The molecule has 0 saturated carbocycles. The van der Waals surface area contributed by atoms with Crippen molar-refractivity contribution in [3.05, 3.63) is 64.7 Å². The largest absolute Gasteiger partial charge is 0.462 e. The lowest BCUT2D eigenvalue weighted by atomic mass is 9.99. The van der Waals surface area contributed by atoms with Crippen LogP contribution in [0.2, 0.25) is 0 Å². The molecule has 0 spiro atoms. The van der Waals surface area contributed by atoms with Crippen molar-refractivity contribution in [1.82, 2.24) is 5.32 Å². The second-order valence-corrected chi connectivity index (χ2v) is 6.57. The number of thiocarbonyl (C=S) groups is 1. The van der Waals surface area contributed by atoms with E-state index in [1.807, 2.05) is 31.2 Å². The van der Waals surface area contributed by atoms with Crippen LogP contribution in [0.4, 0.5) is 5.69 Å². The lowest BCUT2D eigenvalue weighted by Crippen LogP contribution is -2.32. The summed E-state index contributed by atoms with van der Waals surface area (Å²) in [7, 11) is 0. The fraction of sp³-hybridized carbons (Fsp3) is 0.333. The van der Waals surface area contributed by atoms with Gasteiger partial charge in [-0.1, -0.05) is 31.2 Å². The smallest absolute Gasteiger partial charge is 0.338 e. The summed E-state index contributed by atoms with van der Waals surface area (Å²) in [4.78, 5) is 11.8. The van der Waals surface area contributed by atoms with Crippen molar-refractivity contribution in [2.75, 3.05) is 11.9 Å². The average molecular weight is 371 g/mol. The van der Waals surface area contributed by atoms with Crippen LogP contribution in [0.5, 0.6) is 0 Å². The molecule has 0 aliphatic heterocycles. The summed E-state index contributed by atoms with van der Waals surface area (Å²) in [6.45, 7) is 8.33. The molecular formula is C21H26N2O2S. The van der Waals surface area contributed by atoms with Crippen molar-refractivity contribution in [3.63, 3.8) is 0 Å². The van der Waals surface area contributed by atoms with Crippen LogP contribution in [0, 0.1) is 13.8 Å². The first-order chi connectivity index (χ1) is 12.5. The van der Waals surface area contributed by atoms with E-state index < -0.39 is 0 Å². The Labute approximate surface area is 161 Å². The van der Waals surface area contributed by atoms with Gasteiger partial charge >= 0.3 is 5.97 Å². The molecule has 0 heterocycles. The molecule has 138 valence electrons. The Balaban J connectivity index is 2.07. The summed E-state index contributed by atoms with van der Waals surface area (Å²) in [5.41, 5.74) is 4.83. The van der Waals surface area contributed by atoms with Crippen LogP contribution >= 0.6 is 12.2 Å². The van der Waals surface area contributed by atoms with Gasteiger partial charge in [0.2, 0.25) is 0 Å². The number of benzene rings is 2. The zero-order valence-corrected chi connectivity index (χ0v) is 16.6. The molecule has 5 heteroatoms. The zero-order chi connectivity index (χ0) is 19.1. The quantitative estimate of drug-likeness (QED) is 0.558. The fourth-order valence-corrected chi connectivity index (χ4v) is 3.09. The van der Waals surface area contributed by atoms with Gasteiger partial charge in [0, 0.05) is 5.69 Å². The second kappa shape index (κ2) is 9.34. The van der Waals surface area contributed by atoms with Gasteiger partial charge in [-0.2, -0.15) is 0 Å². The second-order valence-electron chi connectivity index (χ2n) is 6.17. The molecule has 0 bridgehead atoms. The Morgan fingerprint density at radius 1 is 1.12 bits per heavy atom. The van der Waals surface area contributed by atoms with Gasteiger partial charge in [-0.05, 0) is 74.3 Å².